The molecule has 96 valence electrons. The Morgan fingerprint density at radius 3 is 2.41 bits per heavy atom. The molecule has 0 bridgehead atoms. The lowest BCUT2D eigenvalue weighted by molar-refractivity contribution is -0.145. The number of amidine groups is 1. The van der Waals surface area contributed by atoms with Crippen LogP contribution in [0.2, 0.25) is 0 Å². The number of rotatable bonds is 2. The maximum atomic E-state index is 12.5. The summed E-state index contributed by atoms with van der Waals surface area (Å²) in [6, 6.07) is 0. The highest BCUT2D eigenvalue weighted by atomic mass is 16.4. The van der Waals surface area contributed by atoms with Crippen molar-refractivity contribution in [2.45, 2.75) is 39.0 Å². The monoisotopic (exact) mass is 239 g/mol. The Morgan fingerprint density at radius 2 is 1.94 bits per heavy atom. The van der Waals surface area contributed by atoms with Crippen LogP contribution in [0.5, 0.6) is 0 Å². The van der Waals surface area contributed by atoms with Crippen molar-refractivity contribution in [3.05, 3.63) is 0 Å². The number of likely N-dealkylation sites (tertiary alicyclic amines) is 1. The van der Waals surface area contributed by atoms with Crippen molar-refractivity contribution in [3.8, 4) is 0 Å². The third-order valence-corrected chi connectivity index (χ3v) is 4.04. The molecule has 17 heavy (non-hydrogen) atoms. The number of hydrogen-bond acceptors (Lipinski definition) is 3. The zero-order valence-corrected chi connectivity index (χ0v) is 10.4. The number of oxime groups is 1. The van der Waals surface area contributed by atoms with E-state index in [4.69, 9.17) is 10.9 Å². The first-order chi connectivity index (χ1) is 8.10. The predicted octanol–water partition coefficient (Wildman–Crippen LogP) is 1.16. The maximum Gasteiger partial charge on any atom is 0.236 e. The van der Waals surface area contributed by atoms with Crippen LogP contribution in [0.4, 0.5) is 0 Å². The lowest BCUT2D eigenvalue weighted by Crippen LogP contribution is -2.58. The highest BCUT2D eigenvalue weighted by Crippen LogP contribution is 2.47. The second kappa shape index (κ2) is 4.55. The maximum absolute atomic E-state index is 12.5. The van der Waals surface area contributed by atoms with E-state index in [-0.39, 0.29) is 11.7 Å². The molecule has 2 aliphatic rings. The number of hydrogen-bond donors (Lipinski definition) is 2. The summed E-state index contributed by atoms with van der Waals surface area (Å²) < 4.78 is 0. The molecule has 0 aromatic carbocycles. The number of carbonyl (C=O) groups excluding carboxylic acids is 1. The van der Waals surface area contributed by atoms with Crippen molar-refractivity contribution >= 4 is 11.7 Å². The van der Waals surface area contributed by atoms with Crippen LogP contribution in [-0.2, 0) is 4.79 Å². The summed E-state index contributed by atoms with van der Waals surface area (Å²) in [5.41, 5.74) is 5.02. The van der Waals surface area contributed by atoms with Gasteiger partial charge in [0.25, 0.3) is 0 Å². The minimum atomic E-state index is -0.717. The molecule has 1 saturated heterocycles. The van der Waals surface area contributed by atoms with E-state index in [1.807, 2.05) is 4.90 Å². The molecule has 3 N–H and O–H groups in total. The van der Waals surface area contributed by atoms with Crippen molar-refractivity contribution in [1.29, 1.82) is 0 Å². The predicted molar refractivity (Wildman–Crippen MR) is 64.7 cm³/mol. The van der Waals surface area contributed by atoms with Crippen LogP contribution in [0.3, 0.4) is 0 Å². The van der Waals surface area contributed by atoms with E-state index in [1.54, 1.807) is 0 Å². The Morgan fingerprint density at radius 1 is 1.35 bits per heavy atom. The van der Waals surface area contributed by atoms with Crippen LogP contribution >= 0.6 is 0 Å². The standard InChI is InChI=1S/C12H21N3O2/c1-9-7-12(8-9,10(13)14-17)11(16)15-5-3-2-4-6-15/h9,17H,2-8H2,1H3,(H2,13,14). The molecule has 2 rings (SSSR count). The van der Waals surface area contributed by atoms with E-state index in [0.29, 0.717) is 18.8 Å². The molecule has 0 spiro atoms. The second-order valence-electron chi connectivity index (χ2n) is 5.43. The topological polar surface area (TPSA) is 78.9 Å². The Labute approximate surface area is 102 Å². The number of amides is 1. The molecule has 1 saturated carbocycles. The fraction of sp³-hybridized carbons (Fsp3) is 0.833. The number of nitrogens with zero attached hydrogens (tertiary/aromatic N) is 2. The summed E-state index contributed by atoms with van der Waals surface area (Å²) in [5.74, 6) is 0.626. The second-order valence-corrected chi connectivity index (χ2v) is 5.43. The van der Waals surface area contributed by atoms with Crippen molar-refractivity contribution in [3.63, 3.8) is 0 Å². The zero-order chi connectivity index (χ0) is 12.5. The lowest BCUT2D eigenvalue weighted by Gasteiger charge is -2.46. The average Bonchev–Trinajstić information content (AvgIpc) is 2.34. The van der Waals surface area contributed by atoms with Gasteiger partial charge >= 0.3 is 0 Å². The number of carbonyl (C=O) groups is 1. The van der Waals surface area contributed by atoms with Crippen molar-refractivity contribution in [2.75, 3.05) is 13.1 Å². The van der Waals surface area contributed by atoms with Gasteiger partial charge in [0.2, 0.25) is 5.91 Å². The van der Waals surface area contributed by atoms with Gasteiger partial charge in [-0.1, -0.05) is 12.1 Å². The molecule has 1 amide bonds. The van der Waals surface area contributed by atoms with E-state index < -0.39 is 5.41 Å². The fourth-order valence-corrected chi connectivity index (χ4v) is 3.12. The molecule has 2 fully saturated rings. The SMILES string of the molecule is CC1CC(C(=O)N2CCCCC2)(C(N)=NO)C1. The molecule has 5 nitrogen and oxygen atoms in total. The van der Waals surface area contributed by atoms with Crippen molar-refractivity contribution < 1.29 is 10.0 Å². The van der Waals surface area contributed by atoms with Crippen LogP contribution in [0.1, 0.15) is 39.0 Å². The summed E-state index contributed by atoms with van der Waals surface area (Å²) in [5, 5.41) is 11.9. The first-order valence-electron chi connectivity index (χ1n) is 6.37. The molecule has 1 heterocycles. The van der Waals surface area contributed by atoms with Gasteiger partial charge in [0.05, 0.1) is 0 Å². The Balaban J connectivity index is 2.14. The summed E-state index contributed by atoms with van der Waals surface area (Å²) in [4.78, 5) is 14.4. The van der Waals surface area contributed by atoms with E-state index in [9.17, 15) is 4.79 Å². The molecule has 0 radical (unpaired) electrons. The molecular formula is C12H21N3O2. The average molecular weight is 239 g/mol. The molecule has 1 aliphatic carbocycles. The first kappa shape index (κ1) is 12.2. The molecule has 1 aliphatic heterocycles. The smallest absolute Gasteiger partial charge is 0.236 e. The first-order valence-corrected chi connectivity index (χ1v) is 6.37. The van der Waals surface area contributed by atoms with Crippen LogP contribution in [-0.4, -0.2) is 34.9 Å². The van der Waals surface area contributed by atoms with Crippen LogP contribution in [0.25, 0.3) is 0 Å². The lowest BCUT2D eigenvalue weighted by atomic mass is 9.61. The Bertz CT molecular complexity index is 329. The number of nitrogens with two attached hydrogens (primary N) is 1. The summed E-state index contributed by atoms with van der Waals surface area (Å²) in [7, 11) is 0. The van der Waals surface area contributed by atoms with E-state index >= 15 is 0 Å². The molecule has 0 aromatic rings. The van der Waals surface area contributed by atoms with Gasteiger partial charge in [-0.25, -0.2) is 0 Å². The Hall–Kier alpha value is -1.26. The van der Waals surface area contributed by atoms with Gasteiger partial charge in [0.15, 0.2) is 5.84 Å². The fourth-order valence-electron chi connectivity index (χ4n) is 3.12. The van der Waals surface area contributed by atoms with Crippen LogP contribution in [0.15, 0.2) is 5.16 Å². The third-order valence-electron chi connectivity index (χ3n) is 4.04. The third kappa shape index (κ3) is 1.98. The van der Waals surface area contributed by atoms with E-state index in [0.717, 1.165) is 25.9 Å². The zero-order valence-electron chi connectivity index (χ0n) is 10.4. The molecule has 0 aromatic heterocycles. The van der Waals surface area contributed by atoms with Crippen molar-refractivity contribution in [1.82, 2.24) is 4.90 Å². The normalized spacial score (nSPS) is 34.3. The van der Waals surface area contributed by atoms with Gasteiger partial charge in [0, 0.05) is 13.1 Å². The van der Waals surface area contributed by atoms with Gasteiger partial charge in [-0.05, 0) is 38.0 Å². The van der Waals surface area contributed by atoms with Gasteiger partial charge in [-0.15, -0.1) is 0 Å². The van der Waals surface area contributed by atoms with Crippen LogP contribution < -0.4 is 5.73 Å². The highest BCUT2D eigenvalue weighted by molar-refractivity contribution is 6.07. The summed E-state index contributed by atoms with van der Waals surface area (Å²) in [6.45, 7) is 3.72. The van der Waals surface area contributed by atoms with E-state index in [2.05, 4.69) is 12.1 Å². The summed E-state index contributed by atoms with van der Waals surface area (Å²) in [6.07, 6.45) is 4.73. The molecular weight excluding hydrogens is 218 g/mol. The van der Waals surface area contributed by atoms with Crippen LogP contribution in [0, 0.1) is 11.3 Å². The Kier molecular flexibility index (Phi) is 3.26. The quantitative estimate of drug-likeness (QED) is 0.328. The number of piperidine rings is 1. The highest BCUT2D eigenvalue weighted by Gasteiger charge is 2.53. The molecule has 0 unspecified atom stereocenters. The summed E-state index contributed by atoms with van der Waals surface area (Å²) >= 11 is 0. The van der Waals surface area contributed by atoms with E-state index in [1.165, 1.54) is 6.42 Å². The molecule has 0 atom stereocenters. The van der Waals surface area contributed by atoms with Gasteiger partial charge in [0.1, 0.15) is 5.41 Å². The van der Waals surface area contributed by atoms with Gasteiger partial charge in [-0.2, -0.15) is 0 Å². The van der Waals surface area contributed by atoms with Gasteiger partial charge in [-0.3, -0.25) is 4.79 Å². The van der Waals surface area contributed by atoms with Crippen molar-refractivity contribution in [2.24, 2.45) is 22.2 Å². The molecule has 5 heteroatoms. The minimum absolute atomic E-state index is 0.0607. The minimum Gasteiger partial charge on any atom is -0.409 e. The van der Waals surface area contributed by atoms with Gasteiger partial charge < -0.3 is 15.8 Å². The largest absolute Gasteiger partial charge is 0.409 e.